The Morgan fingerprint density at radius 3 is 2.62 bits per heavy atom. The van der Waals surface area contributed by atoms with Gasteiger partial charge in [0.25, 0.3) is 0 Å². The van der Waals surface area contributed by atoms with Crippen LogP contribution >= 0.6 is 12.0 Å². The van der Waals surface area contributed by atoms with Crippen molar-refractivity contribution in [2.24, 2.45) is 40.4 Å². The summed E-state index contributed by atoms with van der Waals surface area (Å²) in [6.45, 7) is 10.2. The van der Waals surface area contributed by atoms with Gasteiger partial charge in [-0.15, -0.1) is 0 Å². The maximum absolute atomic E-state index is 12.2. The van der Waals surface area contributed by atoms with E-state index in [9.17, 15) is 9.90 Å². The van der Waals surface area contributed by atoms with Crippen LogP contribution in [-0.4, -0.2) is 34.0 Å². The number of carbonyl (C=O) groups excluding carboxylic acids is 1. The van der Waals surface area contributed by atoms with Gasteiger partial charge in [0, 0.05) is 18.7 Å². The normalized spacial score (nSPS) is 39.9. The van der Waals surface area contributed by atoms with Gasteiger partial charge in [-0.1, -0.05) is 47.0 Å². The summed E-state index contributed by atoms with van der Waals surface area (Å²) in [5, 5.41) is 14.1. The standard InChI is InChI=1S/C27H49NO3S/c1-5-6-7-14-26(3)15-13-23(29)25-21(26)12-16-27(4)20(9-10-22(25)27)19(2)8-11-24(30)28-17-18-32-31/h19-23,25,29,31H,5-18H2,1-4H3,(H,28,30)/t19-,20?,21?,22?,23?,25?,26?,27?/m0/s1. The summed E-state index contributed by atoms with van der Waals surface area (Å²) >= 11 is 0.779. The van der Waals surface area contributed by atoms with Crippen LogP contribution in [0.4, 0.5) is 0 Å². The van der Waals surface area contributed by atoms with Crippen LogP contribution in [0.15, 0.2) is 0 Å². The molecular weight excluding hydrogens is 418 g/mol. The highest BCUT2D eigenvalue weighted by Crippen LogP contribution is 2.66. The average molecular weight is 468 g/mol. The first-order valence-corrected chi connectivity index (χ1v) is 14.4. The highest BCUT2D eigenvalue weighted by atomic mass is 32.2. The molecule has 4 nitrogen and oxygen atoms in total. The lowest BCUT2D eigenvalue weighted by atomic mass is 9.47. The van der Waals surface area contributed by atoms with Gasteiger partial charge in [0.05, 0.1) is 6.10 Å². The number of aliphatic hydroxyl groups excluding tert-OH is 1. The fourth-order valence-corrected chi connectivity index (χ4v) is 8.54. The summed E-state index contributed by atoms with van der Waals surface area (Å²) in [5.41, 5.74) is 0.724. The van der Waals surface area contributed by atoms with E-state index >= 15 is 0 Å². The van der Waals surface area contributed by atoms with Crippen molar-refractivity contribution >= 4 is 17.9 Å². The minimum atomic E-state index is -0.117. The topological polar surface area (TPSA) is 69.6 Å². The second-order valence-corrected chi connectivity index (χ2v) is 12.6. The number of rotatable bonds is 11. The summed E-state index contributed by atoms with van der Waals surface area (Å²) in [5.74, 6) is 3.66. The van der Waals surface area contributed by atoms with E-state index in [4.69, 9.17) is 4.55 Å². The third kappa shape index (κ3) is 5.51. The second-order valence-electron chi connectivity index (χ2n) is 11.9. The van der Waals surface area contributed by atoms with Crippen molar-refractivity contribution in [2.45, 2.75) is 111 Å². The van der Waals surface area contributed by atoms with Crippen LogP contribution in [0.2, 0.25) is 0 Å². The van der Waals surface area contributed by atoms with Gasteiger partial charge in [-0.2, -0.15) is 0 Å². The van der Waals surface area contributed by atoms with Crippen molar-refractivity contribution in [3.63, 3.8) is 0 Å². The van der Waals surface area contributed by atoms with Crippen molar-refractivity contribution in [1.82, 2.24) is 5.32 Å². The Labute approximate surface area is 201 Å². The first-order chi connectivity index (χ1) is 15.3. The highest BCUT2D eigenvalue weighted by Gasteiger charge is 2.60. The number of carbonyl (C=O) groups is 1. The number of nitrogens with one attached hydrogen (secondary N) is 1. The van der Waals surface area contributed by atoms with Crippen molar-refractivity contribution < 1.29 is 14.5 Å². The van der Waals surface area contributed by atoms with E-state index < -0.39 is 0 Å². The monoisotopic (exact) mass is 467 g/mol. The Bertz CT molecular complexity index is 616. The van der Waals surface area contributed by atoms with Crippen LogP contribution < -0.4 is 5.32 Å². The molecule has 32 heavy (non-hydrogen) atoms. The van der Waals surface area contributed by atoms with E-state index in [1.165, 1.54) is 57.8 Å². The molecule has 0 heterocycles. The lowest BCUT2D eigenvalue weighted by Gasteiger charge is -2.58. The molecule has 0 spiro atoms. The van der Waals surface area contributed by atoms with Crippen LogP contribution in [0.1, 0.15) is 105 Å². The second kappa shape index (κ2) is 11.4. The van der Waals surface area contributed by atoms with E-state index in [0.717, 1.165) is 24.9 Å². The Hall–Kier alpha value is -0.260. The number of fused-ring (bicyclic) bond motifs is 3. The zero-order valence-electron chi connectivity index (χ0n) is 21.1. The summed E-state index contributed by atoms with van der Waals surface area (Å²) in [6, 6.07) is 0. The molecule has 0 saturated heterocycles. The predicted molar refractivity (Wildman–Crippen MR) is 135 cm³/mol. The third-order valence-electron chi connectivity index (χ3n) is 10.1. The number of aliphatic hydroxyl groups is 1. The van der Waals surface area contributed by atoms with Crippen molar-refractivity contribution in [2.75, 3.05) is 12.3 Å². The molecule has 0 radical (unpaired) electrons. The van der Waals surface area contributed by atoms with E-state index in [2.05, 4.69) is 33.0 Å². The molecule has 3 N–H and O–H groups in total. The van der Waals surface area contributed by atoms with Crippen molar-refractivity contribution in [3.8, 4) is 0 Å². The van der Waals surface area contributed by atoms with Gasteiger partial charge in [-0.25, -0.2) is 0 Å². The zero-order chi connectivity index (χ0) is 23.4. The molecule has 7 unspecified atom stereocenters. The molecule has 3 rings (SSSR count). The van der Waals surface area contributed by atoms with Crippen LogP contribution in [0.3, 0.4) is 0 Å². The summed E-state index contributed by atoms with van der Waals surface area (Å²) < 4.78 is 8.81. The number of unbranched alkanes of at least 4 members (excludes halogenated alkanes) is 2. The summed E-state index contributed by atoms with van der Waals surface area (Å²) in [6.07, 6.45) is 14.0. The third-order valence-corrected chi connectivity index (χ3v) is 10.5. The largest absolute Gasteiger partial charge is 0.393 e. The molecule has 0 aromatic carbocycles. The van der Waals surface area contributed by atoms with Gasteiger partial charge in [0.15, 0.2) is 0 Å². The smallest absolute Gasteiger partial charge is 0.220 e. The minimum absolute atomic E-state index is 0.111. The Balaban J connectivity index is 1.64. The fraction of sp³-hybridized carbons (Fsp3) is 0.963. The molecule has 3 aliphatic rings. The molecule has 0 aliphatic heterocycles. The quantitative estimate of drug-likeness (QED) is 0.239. The van der Waals surface area contributed by atoms with Gasteiger partial charge >= 0.3 is 0 Å². The van der Waals surface area contributed by atoms with Crippen LogP contribution in [0.5, 0.6) is 0 Å². The van der Waals surface area contributed by atoms with Gasteiger partial charge < -0.3 is 15.0 Å². The lowest BCUT2D eigenvalue weighted by molar-refractivity contribution is -0.133. The van der Waals surface area contributed by atoms with E-state index in [1.807, 2.05) is 0 Å². The van der Waals surface area contributed by atoms with Crippen LogP contribution in [0, 0.1) is 40.4 Å². The molecule has 3 aliphatic carbocycles. The summed E-state index contributed by atoms with van der Waals surface area (Å²) in [4.78, 5) is 12.2. The molecule has 1 amide bonds. The lowest BCUT2D eigenvalue weighted by Crippen LogP contribution is -2.54. The molecule has 3 fully saturated rings. The van der Waals surface area contributed by atoms with Crippen molar-refractivity contribution in [3.05, 3.63) is 0 Å². The molecule has 0 aromatic rings. The Morgan fingerprint density at radius 1 is 1.12 bits per heavy atom. The summed E-state index contributed by atoms with van der Waals surface area (Å²) in [7, 11) is 0. The first-order valence-electron chi connectivity index (χ1n) is 13.5. The van der Waals surface area contributed by atoms with Crippen LogP contribution in [-0.2, 0) is 4.79 Å². The molecule has 0 aromatic heterocycles. The maximum Gasteiger partial charge on any atom is 0.220 e. The SMILES string of the molecule is CCCCCC1(C)CCC(O)C2C1CCC1(C)C2CCC1[C@@H](C)CCC(=O)NCCSO. The van der Waals surface area contributed by atoms with E-state index in [0.29, 0.717) is 59.1 Å². The molecule has 5 heteroatoms. The van der Waals surface area contributed by atoms with E-state index in [-0.39, 0.29) is 12.0 Å². The van der Waals surface area contributed by atoms with Crippen LogP contribution in [0.25, 0.3) is 0 Å². The molecule has 0 bridgehead atoms. The maximum atomic E-state index is 12.2. The molecule has 186 valence electrons. The van der Waals surface area contributed by atoms with Gasteiger partial charge in [-0.3, -0.25) is 4.79 Å². The van der Waals surface area contributed by atoms with Crippen molar-refractivity contribution in [1.29, 1.82) is 0 Å². The minimum Gasteiger partial charge on any atom is -0.393 e. The Kier molecular flexibility index (Phi) is 9.42. The predicted octanol–water partition coefficient (Wildman–Crippen LogP) is 6.53. The van der Waals surface area contributed by atoms with Gasteiger partial charge in [0.1, 0.15) is 0 Å². The first kappa shape index (κ1) is 26.3. The Morgan fingerprint density at radius 2 is 1.91 bits per heavy atom. The zero-order valence-corrected chi connectivity index (χ0v) is 21.9. The molecule has 8 atom stereocenters. The highest BCUT2D eigenvalue weighted by molar-refractivity contribution is 7.93. The molecular formula is C27H49NO3S. The average Bonchev–Trinajstić information content (AvgIpc) is 3.12. The number of hydrogen-bond acceptors (Lipinski definition) is 4. The van der Waals surface area contributed by atoms with Gasteiger partial charge in [-0.05, 0) is 104 Å². The van der Waals surface area contributed by atoms with E-state index in [1.54, 1.807) is 0 Å². The fourth-order valence-electron chi connectivity index (χ4n) is 8.35. The number of hydrogen-bond donors (Lipinski definition) is 3. The number of amides is 1. The molecule has 3 saturated carbocycles. The van der Waals surface area contributed by atoms with Gasteiger partial charge in [0.2, 0.25) is 5.91 Å².